The van der Waals surface area contributed by atoms with Crippen molar-refractivity contribution in [3.05, 3.63) is 68.7 Å². The Morgan fingerprint density at radius 3 is 1.54 bits per heavy atom. The average Bonchev–Trinajstić information content (AvgIpc) is 2.89. The second kappa shape index (κ2) is 13.9. The molecule has 0 aromatic heterocycles. The van der Waals surface area contributed by atoms with E-state index in [1.165, 1.54) is 13.0 Å². The van der Waals surface area contributed by atoms with Gasteiger partial charge in [0.15, 0.2) is 0 Å². The third kappa shape index (κ3) is 7.22. The van der Waals surface area contributed by atoms with Crippen LogP contribution in [0.25, 0.3) is 0 Å². The summed E-state index contributed by atoms with van der Waals surface area (Å²) in [6.07, 6.45) is 5.74. The van der Waals surface area contributed by atoms with Gasteiger partial charge in [0.25, 0.3) is 0 Å². The lowest BCUT2D eigenvalue weighted by Crippen LogP contribution is -2.33. The highest BCUT2D eigenvalue weighted by Gasteiger charge is 2.24. The number of hydrogen-bond acceptors (Lipinski definition) is 4. The molecule has 6 heteroatoms. The normalized spacial score (nSPS) is 17.8. The molecule has 0 N–H and O–H groups in total. The third-order valence-electron chi connectivity index (χ3n) is 7.36. The van der Waals surface area contributed by atoms with Crippen LogP contribution in [0, 0.1) is 22.7 Å². The predicted octanol–water partition coefficient (Wildman–Crippen LogP) is 7.21. The Balaban J connectivity index is 0.000000196. The maximum Gasteiger partial charge on any atom is 0.101 e. The number of likely N-dealkylation sites (tertiary alicyclic amines) is 2. The third-order valence-corrected chi connectivity index (χ3v) is 7.99. The molecule has 0 radical (unpaired) electrons. The van der Waals surface area contributed by atoms with Crippen molar-refractivity contribution in [3.63, 3.8) is 0 Å². The standard InChI is InChI=1S/C15H19ClN2.C14H17ClN2/c1-2-8-18-9-6-12(7-10-18)13-4-3-5-15(16)14(13)11-17;1-2-17-8-6-11(7-9-17)12-4-3-5-14(15)13(12)10-16/h3-5,12H,2,6-10H2,1H3;3-5,11H,2,6-9H2,1H3. The van der Waals surface area contributed by atoms with E-state index in [9.17, 15) is 10.5 Å². The molecule has 2 aromatic rings. The quantitative estimate of drug-likeness (QED) is 0.426. The maximum atomic E-state index is 9.22. The van der Waals surface area contributed by atoms with E-state index >= 15 is 0 Å². The van der Waals surface area contributed by atoms with Gasteiger partial charge in [-0.3, -0.25) is 0 Å². The molecule has 2 aromatic carbocycles. The molecule has 0 aliphatic carbocycles. The molecule has 2 aliphatic heterocycles. The summed E-state index contributed by atoms with van der Waals surface area (Å²) in [5, 5.41) is 19.6. The van der Waals surface area contributed by atoms with Gasteiger partial charge >= 0.3 is 0 Å². The lowest BCUT2D eigenvalue weighted by atomic mass is 9.86. The highest BCUT2D eigenvalue weighted by Crippen LogP contribution is 2.34. The molecule has 0 amide bonds. The van der Waals surface area contributed by atoms with Crippen molar-refractivity contribution in [2.45, 2.75) is 57.8 Å². The highest BCUT2D eigenvalue weighted by molar-refractivity contribution is 6.32. The van der Waals surface area contributed by atoms with Crippen LogP contribution in [-0.4, -0.2) is 49.1 Å². The Labute approximate surface area is 221 Å². The predicted molar refractivity (Wildman–Crippen MR) is 145 cm³/mol. The summed E-state index contributed by atoms with van der Waals surface area (Å²) in [6, 6.07) is 16.1. The largest absolute Gasteiger partial charge is 0.304 e. The molecule has 4 nitrogen and oxygen atoms in total. The minimum absolute atomic E-state index is 0.492. The van der Waals surface area contributed by atoms with Crippen LogP contribution in [-0.2, 0) is 0 Å². The van der Waals surface area contributed by atoms with Crippen LogP contribution in [0.2, 0.25) is 10.0 Å². The minimum Gasteiger partial charge on any atom is -0.304 e. The van der Waals surface area contributed by atoms with E-state index < -0.39 is 0 Å². The fraction of sp³-hybridized carbons (Fsp3) is 0.517. The van der Waals surface area contributed by atoms with Crippen molar-refractivity contribution in [2.75, 3.05) is 39.3 Å². The van der Waals surface area contributed by atoms with Crippen molar-refractivity contribution >= 4 is 23.2 Å². The summed E-state index contributed by atoms with van der Waals surface area (Å²) in [6.45, 7) is 11.2. The Hall–Kier alpha value is -2.08. The summed E-state index contributed by atoms with van der Waals surface area (Å²) in [7, 11) is 0. The number of benzene rings is 2. The summed E-state index contributed by atoms with van der Waals surface area (Å²) in [5.74, 6) is 0.984. The molecule has 35 heavy (non-hydrogen) atoms. The number of piperidine rings is 2. The Bertz CT molecular complexity index is 1040. The molecule has 0 bridgehead atoms. The van der Waals surface area contributed by atoms with Crippen molar-refractivity contribution in [1.29, 1.82) is 10.5 Å². The van der Waals surface area contributed by atoms with Crippen LogP contribution in [0.15, 0.2) is 36.4 Å². The number of hydrogen-bond donors (Lipinski definition) is 0. The van der Waals surface area contributed by atoms with Crippen LogP contribution in [0.4, 0.5) is 0 Å². The van der Waals surface area contributed by atoms with E-state index in [-0.39, 0.29) is 0 Å². The molecule has 0 spiro atoms. The number of nitrogens with zero attached hydrogens (tertiary/aromatic N) is 4. The molecule has 4 rings (SSSR count). The van der Waals surface area contributed by atoms with Gasteiger partial charge in [-0.1, -0.05) is 61.3 Å². The number of halogens is 2. The van der Waals surface area contributed by atoms with E-state index in [4.69, 9.17) is 23.2 Å². The molecule has 2 saturated heterocycles. The first-order valence-corrected chi connectivity index (χ1v) is 13.6. The van der Waals surface area contributed by atoms with Crippen molar-refractivity contribution in [1.82, 2.24) is 9.80 Å². The molecular weight excluding hydrogens is 475 g/mol. The van der Waals surface area contributed by atoms with Gasteiger partial charge in [0.1, 0.15) is 12.1 Å². The first-order valence-electron chi connectivity index (χ1n) is 12.8. The van der Waals surface area contributed by atoms with E-state index in [1.54, 1.807) is 12.1 Å². The second-order valence-corrected chi connectivity index (χ2v) is 10.3. The van der Waals surface area contributed by atoms with Crippen molar-refractivity contribution < 1.29 is 0 Å². The number of rotatable bonds is 5. The summed E-state index contributed by atoms with van der Waals surface area (Å²) in [5.41, 5.74) is 3.62. The van der Waals surface area contributed by atoms with Crippen LogP contribution < -0.4 is 0 Å². The van der Waals surface area contributed by atoms with Gasteiger partial charge < -0.3 is 9.80 Å². The minimum atomic E-state index is 0.492. The number of nitriles is 2. The molecule has 0 atom stereocenters. The SMILES string of the molecule is CCCN1CCC(c2cccc(Cl)c2C#N)CC1.CCN1CCC(c2cccc(Cl)c2C#N)CC1. The van der Waals surface area contributed by atoms with E-state index in [1.807, 2.05) is 12.1 Å². The van der Waals surface area contributed by atoms with Gasteiger partial charge in [-0.2, -0.15) is 10.5 Å². The van der Waals surface area contributed by atoms with Crippen molar-refractivity contribution in [2.24, 2.45) is 0 Å². The van der Waals surface area contributed by atoms with Gasteiger partial charge in [0.2, 0.25) is 0 Å². The Morgan fingerprint density at radius 2 is 1.17 bits per heavy atom. The molecule has 186 valence electrons. The zero-order chi connectivity index (χ0) is 25.2. The molecule has 2 heterocycles. The highest BCUT2D eigenvalue weighted by atomic mass is 35.5. The summed E-state index contributed by atoms with van der Waals surface area (Å²) >= 11 is 12.2. The summed E-state index contributed by atoms with van der Waals surface area (Å²) in [4.78, 5) is 4.96. The fourth-order valence-corrected chi connectivity index (χ4v) is 5.79. The van der Waals surface area contributed by atoms with E-state index in [2.05, 4.69) is 47.9 Å². The Kier molecular flexibility index (Phi) is 10.9. The topological polar surface area (TPSA) is 54.1 Å². The van der Waals surface area contributed by atoms with Crippen molar-refractivity contribution in [3.8, 4) is 12.1 Å². The first kappa shape index (κ1) is 27.5. The zero-order valence-electron chi connectivity index (χ0n) is 20.9. The van der Waals surface area contributed by atoms with Crippen LogP contribution in [0.3, 0.4) is 0 Å². The van der Waals surface area contributed by atoms with E-state index in [0.29, 0.717) is 33.0 Å². The van der Waals surface area contributed by atoms with Gasteiger partial charge in [-0.05, 0) is 106 Å². The molecular formula is C29H36Cl2N4. The average molecular weight is 512 g/mol. The lowest BCUT2D eigenvalue weighted by molar-refractivity contribution is 0.212. The molecule has 2 fully saturated rings. The van der Waals surface area contributed by atoms with Crippen LogP contribution >= 0.6 is 23.2 Å². The molecule has 0 unspecified atom stereocenters. The smallest absolute Gasteiger partial charge is 0.101 e. The molecule has 0 saturated carbocycles. The molecule has 2 aliphatic rings. The first-order chi connectivity index (χ1) is 17.0. The summed E-state index contributed by atoms with van der Waals surface area (Å²) < 4.78 is 0. The lowest BCUT2D eigenvalue weighted by Gasteiger charge is -2.32. The van der Waals surface area contributed by atoms with Crippen LogP contribution in [0.5, 0.6) is 0 Å². The van der Waals surface area contributed by atoms with Gasteiger partial charge in [0, 0.05) is 0 Å². The Morgan fingerprint density at radius 1 is 0.743 bits per heavy atom. The van der Waals surface area contributed by atoms with Gasteiger partial charge in [0.05, 0.1) is 21.2 Å². The second-order valence-electron chi connectivity index (χ2n) is 9.46. The van der Waals surface area contributed by atoms with Gasteiger partial charge in [-0.25, -0.2) is 0 Å². The zero-order valence-corrected chi connectivity index (χ0v) is 22.5. The van der Waals surface area contributed by atoms with E-state index in [0.717, 1.165) is 69.5 Å². The maximum absolute atomic E-state index is 9.22. The monoisotopic (exact) mass is 510 g/mol. The van der Waals surface area contributed by atoms with Crippen LogP contribution in [0.1, 0.15) is 80.0 Å². The van der Waals surface area contributed by atoms with Gasteiger partial charge in [-0.15, -0.1) is 0 Å². The fourth-order valence-electron chi connectivity index (χ4n) is 5.34.